The standard InChI is InChI=1S/C36H43N5O4/c1-24-23-45-34(38-24)31-15-10-16-41(31)35(44)27-14-9-13-26(18-27)33(43)39-30(17-25-11-7-6-8-12-25)32(42)22-40(5)29-19-28(20-37-21-29)36(2,3)4/h6-9,11-14,18-21,23,30-32,42H,10,15-17,22H2,1-5H3,(H,39,43)/t30-,31+,32+/m0/s1. The summed E-state index contributed by atoms with van der Waals surface area (Å²) >= 11 is 0. The Balaban J connectivity index is 1.32. The van der Waals surface area contributed by atoms with E-state index in [9.17, 15) is 14.7 Å². The Morgan fingerprint density at radius 2 is 1.84 bits per heavy atom. The Morgan fingerprint density at radius 1 is 1.09 bits per heavy atom. The van der Waals surface area contributed by atoms with E-state index in [2.05, 4.69) is 42.1 Å². The molecule has 1 aliphatic rings. The normalized spacial score (nSPS) is 16.3. The fourth-order valence-corrected chi connectivity index (χ4v) is 5.71. The van der Waals surface area contributed by atoms with Crippen LogP contribution in [0.15, 0.2) is 83.7 Å². The van der Waals surface area contributed by atoms with Gasteiger partial charge < -0.3 is 24.6 Å². The number of aromatic nitrogens is 2. The number of aliphatic hydroxyl groups excluding tert-OH is 1. The van der Waals surface area contributed by atoms with Crippen LogP contribution in [0.5, 0.6) is 0 Å². The summed E-state index contributed by atoms with van der Waals surface area (Å²) in [6.45, 7) is 9.14. The number of carbonyl (C=O) groups excluding carboxylic acids is 2. The van der Waals surface area contributed by atoms with Gasteiger partial charge in [0.1, 0.15) is 12.3 Å². The van der Waals surface area contributed by atoms with E-state index in [0.717, 1.165) is 35.3 Å². The van der Waals surface area contributed by atoms with Crippen LogP contribution in [0.1, 0.15) is 83.1 Å². The molecule has 3 atom stereocenters. The van der Waals surface area contributed by atoms with Gasteiger partial charge in [-0.25, -0.2) is 4.98 Å². The Hall–Kier alpha value is -4.50. The molecule has 0 aliphatic carbocycles. The van der Waals surface area contributed by atoms with Crippen molar-refractivity contribution in [2.24, 2.45) is 0 Å². The third-order valence-electron chi connectivity index (χ3n) is 8.38. The predicted octanol–water partition coefficient (Wildman–Crippen LogP) is 5.49. The molecule has 3 heterocycles. The van der Waals surface area contributed by atoms with Crippen molar-refractivity contribution in [3.63, 3.8) is 0 Å². The molecule has 2 amide bonds. The van der Waals surface area contributed by atoms with Crippen LogP contribution in [-0.4, -0.2) is 64.1 Å². The molecule has 0 spiro atoms. The number of rotatable bonds is 10. The molecule has 0 saturated carbocycles. The largest absolute Gasteiger partial charge is 0.446 e. The number of hydrogen-bond donors (Lipinski definition) is 2. The van der Waals surface area contributed by atoms with E-state index in [-0.39, 0.29) is 29.8 Å². The first-order valence-corrected chi connectivity index (χ1v) is 15.5. The van der Waals surface area contributed by atoms with Gasteiger partial charge in [-0.1, -0.05) is 57.2 Å². The third kappa shape index (κ3) is 7.78. The number of likely N-dealkylation sites (N-methyl/N-ethyl adjacent to an activating group) is 1. The van der Waals surface area contributed by atoms with Crippen molar-refractivity contribution in [2.75, 3.05) is 25.0 Å². The highest BCUT2D eigenvalue weighted by Crippen LogP contribution is 2.33. The van der Waals surface area contributed by atoms with Crippen LogP contribution in [0.4, 0.5) is 5.69 Å². The van der Waals surface area contributed by atoms with Crippen molar-refractivity contribution in [1.29, 1.82) is 0 Å². The van der Waals surface area contributed by atoms with Gasteiger partial charge in [0.25, 0.3) is 11.8 Å². The van der Waals surface area contributed by atoms with E-state index >= 15 is 0 Å². The molecule has 2 aromatic heterocycles. The van der Waals surface area contributed by atoms with Gasteiger partial charge in [-0.15, -0.1) is 0 Å². The predicted molar refractivity (Wildman–Crippen MR) is 174 cm³/mol. The molecular weight excluding hydrogens is 566 g/mol. The first-order valence-electron chi connectivity index (χ1n) is 15.5. The van der Waals surface area contributed by atoms with Crippen molar-refractivity contribution < 1.29 is 19.1 Å². The van der Waals surface area contributed by atoms with Gasteiger partial charge in [-0.3, -0.25) is 14.6 Å². The summed E-state index contributed by atoms with van der Waals surface area (Å²) in [6, 6.07) is 17.8. The summed E-state index contributed by atoms with van der Waals surface area (Å²) < 4.78 is 5.62. The highest BCUT2D eigenvalue weighted by Gasteiger charge is 2.34. The molecule has 236 valence electrons. The molecule has 2 N–H and O–H groups in total. The van der Waals surface area contributed by atoms with E-state index in [1.165, 1.54) is 0 Å². The summed E-state index contributed by atoms with van der Waals surface area (Å²) in [5.74, 6) is 0.0115. The molecule has 1 fully saturated rings. The maximum absolute atomic E-state index is 13.6. The summed E-state index contributed by atoms with van der Waals surface area (Å²) in [4.78, 5) is 39.8. The van der Waals surface area contributed by atoms with Gasteiger partial charge in [0.15, 0.2) is 0 Å². The number of oxazole rings is 1. The van der Waals surface area contributed by atoms with Crippen molar-refractivity contribution in [3.8, 4) is 0 Å². The molecule has 4 aromatic rings. The zero-order valence-corrected chi connectivity index (χ0v) is 26.7. The summed E-state index contributed by atoms with van der Waals surface area (Å²) in [5, 5.41) is 14.6. The molecule has 1 saturated heterocycles. The summed E-state index contributed by atoms with van der Waals surface area (Å²) in [6.07, 6.45) is 6.41. The highest BCUT2D eigenvalue weighted by molar-refractivity contribution is 6.00. The van der Waals surface area contributed by atoms with Crippen LogP contribution < -0.4 is 10.2 Å². The number of anilines is 1. The first-order chi connectivity index (χ1) is 21.5. The third-order valence-corrected chi connectivity index (χ3v) is 8.38. The van der Waals surface area contributed by atoms with Crippen LogP contribution >= 0.6 is 0 Å². The minimum Gasteiger partial charge on any atom is -0.446 e. The summed E-state index contributed by atoms with van der Waals surface area (Å²) in [7, 11) is 1.91. The number of hydrogen-bond acceptors (Lipinski definition) is 7. The number of nitrogens with one attached hydrogen (secondary N) is 1. The number of carbonyl (C=O) groups is 2. The quantitative estimate of drug-likeness (QED) is 0.245. The number of benzene rings is 2. The van der Waals surface area contributed by atoms with Gasteiger partial charge in [-0.05, 0) is 67.0 Å². The molecule has 2 aromatic carbocycles. The minimum absolute atomic E-state index is 0.0629. The molecule has 0 unspecified atom stereocenters. The van der Waals surface area contributed by atoms with Crippen LogP contribution in [0.25, 0.3) is 0 Å². The average molecular weight is 610 g/mol. The zero-order chi connectivity index (χ0) is 32.1. The van der Waals surface area contributed by atoms with E-state index in [0.29, 0.717) is 30.0 Å². The minimum atomic E-state index is -0.892. The summed E-state index contributed by atoms with van der Waals surface area (Å²) in [5.41, 5.74) is 4.46. The zero-order valence-electron chi connectivity index (χ0n) is 26.7. The fraction of sp³-hybridized carbons (Fsp3) is 0.389. The lowest BCUT2D eigenvalue weighted by Crippen LogP contribution is -2.49. The molecule has 1 aliphatic heterocycles. The number of amides is 2. The Kier molecular flexibility index (Phi) is 9.68. The van der Waals surface area contributed by atoms with E-state index in [4.69, 9.17) is 4.42 Å². The van der Waals surface area contributed by atoms with Gasteiger partial charge >= 0.3 is 0 Å². The SMILES string of the molecule is Cc1coc([C@H]2CCCN2C(=O)c2cccc(C(=O)N[C@@H](Cc3ccccc3)[C@H](O)CN(C)c3cncc(C(C)(C)C)c3)c2)n1. The maximum atomic E-state index is 13.6. The number of aliphatic hydroxyl groups is 1. The van der Waals surface area contributed by atoms with Crippen molar-refractivity contribution in [2.45, 2.75) is 70.6 Å². The molecule has 45 heavy (non-hydrogen) atoms. The molecule has 0 radical (unpaired) electrons. The maximum Gasteiger partial charge on any atom is 0.254 e. The number of likely N-dealkylation sites (tertiary alicyclic amines) is 1. The Labute approximate surface area is 265 Å². The topological polar surface area (TPSA) is 112 Å². The van der Waals surface area contributed by atoms with E-state index < -0.39 is 12.1 Å². The monoisotopic (exact) mass is 609 g/mol. The fourth-order valence-electron chi connectivity index (χ4n) is 5.71. The Morgan fingerprint density at radius 3 is 2.56 bits per heavy atom. The number of aryl methyl sites for hydroxylation is 1. The van der Waals surface area contributed by atoms with Crippen molar-refractivity contribution >= 4 is 17.5 Å². The molecule has 9 nitrogen and oxygen atoms in total. The smallest absolute Gasteiger partial charge is 0.254 e. The van der Waals surface area contributed by atoms with Gasteiger partial charge in [-0.2, -0.15) is 0 Å². The lowest BCUT2D eigenvalue weighted by molar-refractivity contribution is 0.0715. The van der Waals surface area contributed by atoms with Crippen LogP contribution in [0, 0.1) is 6.92 Å². The second-order valence-electron chi connectivity index (χ2n) is 13.0. The van der Waals surface area contributed by atoms with Gasteiger partial charge in [0.2, 0.25) is 5.89 Å². The van der Waals surface area contributed by atoms with Crippen LogP contribution in [0.2, 0.25) is 0 Å². The van der Waals surface area contributed by atoms with Gasteiger partial charge in [0.05, 0.1) is 29.7 Å². The lowest BCUT2D eigenvalue weighted by atomic mass is 9.88. The molecular formula is C36H43N5O4. The average Bonchev–Trinajstić information content (AvgIpc) is 3.69. The first kappa shape index (κ1) is 31.9. The molecule has 9 heteroatoms. The number of pyridine rings is 1. The second-order valence-corrected chi connectivity index (χ2v) is 13.0. The highest BCUT2D eigenvalue weighted by atomic mass is 16.3. The van der Waals surface area contributed by atoms with Crippen molar-refractivity contribution in [1.82, 2.24) is 20.2 Å². The lowest BCUT2D eigenvalue weighted by Gasteiger charge is -2.30. The molecule has 0 bridgehead atoms. The number of nitrogens with zero attached hydrogens (tertiary/aromatic N) is 4. The Bertz CT molecular complexity index is 1610. The van der Waals surface area contributed by atoms with Crippen LogP contribution in [0.3, 0.4) is 0 Å². The molecule has 5 rings (SSSR count). The van der Waals surface area contributed by atoms with E-state index in [1.54, 1.807) is 41.6 Å². The van der Waals surface area contributed by atoms with Gasteiger partial charge in [0, 0.05) is 37.5 Å². The van der Waals surface area contributed by atoms with Crippen molar-refractivity contribution in [3.05, 3.63) is 113 Å². The van der Waals surface area contributed by atoms with E-state index in [1.807, 2.05) is 55.4 Å². The second kappa shape index (κ2) is 13.6. The van der Waals surface area contributed by atoms with Crippen LogP contribution in [-0.2, 0) is 11.8 Å².